The Balaban J connectivity index is 0.000000856. The molecule has 0 saturated carbocycles. The van der Waals surface area contributed by atoms with Gasteiger partial charge in [0, 0.05) is 18.0 Å². The van der Waals surface area contributed by atoms with Gasteiger partial charge in [0.2, 0.25) is 10.0 Å². The van der Waals surface area contributed by atoms with E-state index in [4.69, 9.17) is 21.0 Å². The molecule has 12 nitrogen and oxygen atoms in total. The van der Waals surface area contributed by atoms with E-state index in [0.717, 1.165) is 4.88 Å². The number of sulfonamides is 1. The first-order valence-corrected chi connectivity index (χ1v) is 12.2. The molecule has 1 heterocycles. The van der Waals surface area contributed by atoms with Gasteiger partial charge in [-0.25, -0.2) is 13.2 Å². The van der Waals surface area contributed by atoms with Gasteiger partial charge in [0.05, 0.1) is 9.77 Å². The molecule has 0 saturated heterocycles. The van der Waals surface area contributed by atoms with Gasteiger partial charge in [0.1, 0.15) is 6.04 Å². The van der Waals surface area contributed by atoms with Gasteiger partial charge in [-0.1, -0.05) is 24.3 Å². The lowest BCUT2D eigenvalue weighted by molar-refractivity contribution is -0.192. The van der Waals surface area contributed by atoms with Crippen molar-refractivity contribution in [3.63, 3.8) is 0 Å². The van der Waals surface area contributed by atoms with Gasteiger partial charge in [-0.15, -0.1) is 11.3 Å². The van der Waals surface area contributed by atoms with Gasteiger partial charge in [-0.3, -0.25) is 15.0 Å². The molecule has 1 aromatic heterocycles. The topological polar surface area (TPSA) is 212 Å². The third-order valence-corrected chi connectivity index (χ3v) is 6.44. The Kier molecular flexibility index (Phi) is 11.7. The zero-order valence-electron chi connectivity index (χ0n) is 18.7. The number of carboxylic acids is 2. The molecule has 0 aliphatic carbocycles. The van der Waals surface area contributed by atoms with Crippen molar-refractivity contribution in [2.75, 3.05) is 13.1 Å². The van der Waals surface area contributed by atoms with Crippen molar-refractivity contribution in [3.8, 4) is 0 Å². The summed E-state index contributed by atoms with van der Waals surface area (Å²) in [5, 5.41) is 28.5. The van der Waals surface area contributed by atoms with Gasteiger partial charge < -0.3 is 26.6 Å². The maximum atomic E-state index is 12.3. The molecule has 1 aromatic carbocycles. The number of alkyl halides is 3. The molecule has 0 aliphatic heterocycles. The van der Waals surface area contributed by atoms with Crippen molar-refractivity contribution < 1.29 is 46.2 Å². The van der Waals surface area contributed by atoms with E-state index >= 15 is 0 Å². The molecule has 1 amide bonds. The number of aliphatic carboxylic acids is 2. The largest absolute Gasteiger partial charge is 0.490 e. The first kappa shape index (κ1) is 31.1. The van der Waals surface area contributed by atoms with E-state index in [-0.39, 0.29) is 10.9 Å². The number of carbonyl (C=O) groups excluding carboxylic acids is 1. The number of nitrogens with two attached hydrogens (primary N) is 1. The molecular formula is C20H22F3N5O7S2. The third kappa shape index (κ3) is 11.5. The van der Waals surface area contributed by atoms with Crippen LogP contribution in [0.2, 0.25) is 0 Å². The summed E-state index contributed by atoms with van der Waals surface area (Å²) in [7, 11) is -4.05. The summed E-state index contributed by atoms with van der Waals surface area (Å²) in [6.07, 6.45) is -1.61. The molecule has 202 valence electrons. The fourth-order valence-electron chi connectivity index (χ4n) is 2.22. The van der Waals surface area contributed by atoms with Crippen LogP contribution in [0, 0.1) is 5.41 Å². The number of thiophene rings is 1. The summed E-state index contributed by atoms with van der Waals surface area (Å²) in [5.41, 5.74) is 5.17. The number of carboxylic acid groups (broad SMARTS) is 2. The highest BCUT2D eigenvalue weighted by Crippen LogP contribution is 2.18. The number of carbonyl (C=O) groups is 3. The average molecular weight is 566 g/mol. The van der Waals surface area contributed by atoms with Crippen LogP contribution in [0.15, 0.2) is 53.4 Å². The van der Waals surface area contributed by atoms with E-state index in [2.05, 4.69) is 15.4 Å². The van der Waals surface area contributed by atoms with Crippen LogP contribution in [0.1, 0.15) is 14.5 Å². The number of amides is 1. The van der Waals surface area contributed by atoms with Gasteiger partial charge in [-0.05, 0) is 30.3 Å². The van der Waals surface area contributed by atoms with Crippen LogP contribution in [-0.4, -0.2) is 67.7 Å². The van der Waals surface area contributed by atoms with E-state index < -0.39 is 46.6 Å². The third-order valence-electron chi connectivity index (χ3n) is 3.90. The number of hydrogen-bond donors (Lipinski definition) is 7. The van der Waals surface area contributed by atoms with Crippen LogP contribution < -0.4 is 21.1 Å². The van der Waals surface area contributed by atoms with Crippen molar-refractivity contribution in [1.29, 1.82) is 5.41 Å². The smallest absolute Gasteiger partial charge is 0.480 e. The standard InChI is InChI=1S/C18H21N5O5S2.C2HF3O2/c19-18(20)21-10-4-5-12-8-9-15(29-12)16(24)22-11-14(17(25)26)23-30(27,28)13-6-2-1-3-7-13;3-2(4,5)1(6)7/h1-9,14,23H,10-11H2,(H,22,24)(H,25,26)(H4,19,20,21);(H,6,7)/b5-4+;/t14-;/m0./s1. The number of rotatable bonds is 10. The van der Waals surface area contributed by atoms with Crippen molar-refractivity contribution in [3.05, 3.63) is 58.3 Å². The number of nitrogens with one attached hydrogen (secondary N) is 4. The molecule has 0 unspecified atom stereocenters. The maximum Gasteiger partial charge on any atom is 0.490 e. The first-order chi connectivity index (χ1) is 17.1. The molecule has 37 heavy (non-hydrogen) atoms. The lowest BCUT2D eigenvalue weighted by Gasteiger charge is -2.15. The quantitative estimate of drug-likeness (QED) is 0.162. The molecular weight excluding hydrogens is 543 g/mol. The lowest BCUT2D eigenvalue weighted by Crippen LogP contribution is -2.48. The van der Waals surface area contributed by atoms with E-state index in [1.165, 1.54) is 35.6 Å². The second kappa shape index (κ2) is 14.0. The summed E-state index contributed by atoms with van der Waals surface area (Å²) >= 11 is 1.17. The molecule has 2 rings (SSSR count). The Morgan fingerprint density at radius 2 is 1.68 bits per heavy atom. The number of guanidine groups is 1. The molecule has 0 bridgehead atoms. The van der Waals surface area contributed by atoms with E-state index in [1.807, 2.05) is 0 Å². The number of hydrogen-bond acceptors (Lipinski definition) is 7. The summed E-state index contributed by atoms with van der Waals surface area (Å²) < 4.78 is 58.4. The fraction of sp³-hybridized carbons (Fsp3) is 0.200. The number of halogens is 3. The second-order valence-electron chi connectivity index (χ2n) is 6.74. The molecule has 0 fully saturated rings. The highest BCUT2D eigenvalue weighted by Gasteiger charge is 2.38. The monoisotopic (exact) mass is 565 g/mol. The highest BCUT2D eigenvalue weighted by atomic mass is 32.2. The van der Waals surface area contributed by atoms with Crippen molar-refractivity contribution in [2.45, 2.75) is 17.1 Å². The highest BCUT2D eigenvalue weighted by molar-refractivity contribution is 7.89. The Hall–Kier alpha value is -3.96. The second-order valence-corrected chi connectivity index (χ2v) is 9.57. The van der Waals surface area contributed by atoms with E-state index in [0.29, 0.717) is 11.4 Å². The van der Waals surface area contributed by atoms with Gasteiger partial charge in [0.15, 0.2) is 5.96 Å². The van der Waals surface area contributed by atoms with Crippen molar-refractivity contribution in [2.24, 2.45) is 5.73 Å². The Morgan fingerprint density at radius 3 is 2.19 bits per heavy atom. The molecule has 0 spiro atoms. The zero-order chi connectivity index (χ0) is 28.2. The zero-order valence-corrected chi connectivity index (χ0v) is 20.3. The normalized spacial score (nSPS) is 12.2. The van der Waals surface area contributed by atoms with Crippen LogP contribution in [0.5, 0.6) is 0 Å². The minimum atomic E-state index is -5.08. The molecule has 17 heteroatoms. The minimum absolute atomic E-state index is 0.0727. The van der Waals surface area contributed by atoms with E-state index in [9.17, 15) is 36.3 Å². The SMILES string of the molecule is N=C(N)NC/C=C/c1ccc(C(=O)NC[C@H](NS(=O)(=O)c2ccccc2)C(=O)O)s1.O=C(O)C(F)(F)F. The average Bonchev–Trinajstić information content (AvgIpc) is 3.28. The van der Waals surface area contributed by atoms with Crippen LogP contribution in [-0.2, 0) is 19.6 Å². The van der Waals surface area contributed by atoms with Gasteiger partial charge in [0.25, 0.3) is 5.91 Å². The van der Waals surface area contributed by atoms with E-state index in [1.54, 1.807) is 30.4 Å². The maximum absolute atomic E-state index is 12.3. The van der Waals surface area contributed by atoms with Crippen molar-refractivity contribution >= 4 is 51.2 Å². The molecule has 0 aliphatic rings. The fourth-order valence-corrected chi connectivity index (χ4v) is 4.29. The van der Waals surface area contributed by atoms with Crippen molar-refractivity contribution in [1.82, 2.24) is 15.4 Å². The number of benzene rings is 1. The minimum Gasteiger partial charge on any atom is -0.480 e. The lowest BCUT2D eigenvalue weighted by atomic mass is 10.3. The van der Waals surface area contributed by atoms with Crippen LogP contribution in [0.4, 0.5) is 13.2 Å². The summed E-state index contributed by atoms with van der Waals surface area (Å²) in [4.78, 5) is 33.7. The molecule has 2 aromatic rings. The Morgan fingerprint density at radius 1 is 1.08 bits per heavy atom. The van der Waals surface area contributed by atoms with Crippen LogP contribution in [0.25, 0.3) is 6.08 Å². The summed E-state index contributed by atoms with van der Waals surface area (Å²) in [6.45, 7) is -0.0670. The Bertz CT molecular complexity index is 1230. The predicted octanol–water partition coefficient (Wildman–Crippen LogP) is 1.04. The van der Waals surface area contributed by atoms with Gasteiger partial charge in [-0.2, -0.15) is 17.9 Å². The molecule has 0 radical (unpaired) electrons. The Labute approximate surface area is 212 Å². The summed E-state index contributed by atoms with van der Waals surface area (Å²) in [5.74, 6) is -4.84. The predicted molar refractivity (Wildman–Crippen MR) is 127 cm³/mol. The molecule has 8 N–H and O–H groups in total. The van der Waals surface area contributed by atoms with Crippen LogP contribution >= 0.6 is 11.3 Å². The summed E-state index contributed by atoms with van der Waals surface area (Å²) in [6, 6.07) is 9.10. The van der Waals surface area contributed by atoms with Crippen LogP contribution in [0.3, 0.4) is 0 Å². The van der Waals surface area contributed by atoms with Gasteiger partial charge >= 0.3 is 18.1 Å². The first-order valence-electron chi connectivity index (χ1n) is 9.86. The molecule has 1 atom stereocenters.